The van der Waals surface area contributed by atoms with Gasteiger partial charge in [-0.2, -0.15) is 0 Å². The van der Waals surface area contributed by atoms with Crippen molar-refractivity contribution in [1.82, 2.24) is 14.9 Å². The number of aromatic nitrogens is 2. The van der Waals surface area contributed by atoms with Crippen molar-refractivity contribution in [2.24, 2.45) is 0 Å². The van der Waals surface area contributed by atoms with Crippen molar-refractivity contribution >= 4 is 16.8 Å². The first-order valence-electron chi connectivity index (χ1n) is 8.73. The number of hydrogen-bond donors (Lipinski definition) is 2. The molecule has 2 N–H and O–H groups in total. The molecule has 140 valence electrons. The van der Waals surface area contributed by atoms with E-state index in [1.165, 1.54) is 12.3 Å². The van der Waals surface area contributed by atoms with Crippen molar-refractivity contribution in [2.75, 3.05) is 0 Å². The van der Waals surface area contributed by atoms with E-state index in [2.05, 4.69) is 10.3 Å². The molecule has 0 saturated carbocycles. The van der Waals surface area contributed by atoms with Gasteiger partial charge >= 0.3 is 5.69 Å². The minimum Gasteiger partial charge on any atom is -0.467 e. The van der Waals surface area contributed by atoms with Crippen LogP contribution in [-0.4, -0.2) is 15.5 Å². The summed E-state index contributed by atoms with van der Waals surface area (Å²) >= 11 is 0. The first kappa shape index (κ1) is 17.5. The number of H-pyrrole nitrogens is 1. The molecule has 0 bridgehead atoms. The van der Waals surface area contributed by atoms with Gasteiger partial charge in [-0.25, -0.2) is 9.36 Å². The van der Waals surface area contributed by atoms with E-state index in [9.17, 15) is 14.4 Å². The summed E-state index contributed by atoms with van der Waals surface area (Å²) in [7, 11) is 0. The maximum absolute atomic E-state index is 12.8. The molecular weight excluding hydrogens is 358 g/mol. The third-order valence-electron chi connectivity index (χ3n) is 4.49. The lowest BCUT2D eigenvalue weighted by molar-refractivity contribution is 0.0935. The number of amides is 1. The summed E-state index contributed by atoms with van der Waals surface area (Å²) in [5, 5.41) is 3.14. The van der Waals surface area contributed by atoms with Crippen LogP contribution in [0, 0.1) is 0 Å². The average Bonchev–Trinajstić information content (AvgIpc) is 3.23. The molecule has 2 heterocycles. The van der Waals surface area contributed by atoms with Gasteiger partial charge < -0.3 is 14.7 Å². The van der Waals surface area contributed by atoms with Crippen LogP contribution >= 0.6 is 0 Å². The zero-order chi connectivity index (χ0) is 19.7. The molecular formula is C21H17N3O4. The molecule has 0 fully saturated rings. The lowest BCUT2D eigenvalue weighted by atomic mass is 10.1. The number of nitrogens with zero attached hydrogens (tertiary/aromatic N) is 1. The van der Waals surface area contributed by atoms with Gasteiger partial charge in [0.2, 0.25) is 0 Å². The number of nitrogens with one attached hydrogen (secondary N) is 2. The Bertz CT molecular complexity index is 1250. The van der Waals surface area contributed by atoms with E-state index < -0.39 is 11.2 Å². The second-order valence-corrected chi connectivity index (χ2v) is 6.38. The van der Waals surface area contributed by atoms with Gasteiger partial charge in [-0.15, -0.1) is 0 Å². The molecule has 0 spiro atoms. The number of para-hydroxylation sites is 1. The van der Waals surface area contributed by atoms with Crippen molar-refractivity contribution in [2.45, 2.75) is 13.0 Å². The number of furan rings is 1. The molecule has 1 atom stereocenters. The Labute approximate surface area is 159 Å². The van der Waals surface area contributed by atoms with E-state index in [4.69, 9.17) is 4.42 Å². The predicted molar refractivity (Wildman–Crippen MR) is 105 cm³/mol. The quantitative estimate of drug-likeness (QED) is 0.573. The molecule has 0 radical (unpaired) electrons. The topological polar surface area (TPSA) is 97.1 Å². The van der Waals surface area contributed by atoms with E-state index in [1.807, 2.05) is 0 Å². The first-order chi connectivity index (χ1) is 13.5. The number of hydrogen-bond acceptors (Lipinski definition) is 4. The molecule has 4 aromatic rings. The van der Waals surface area contributed by atoms with E-state index >= 15 is 0 Å². The lowest BCUT2D eigenvalue weighted by Gasteiger charge is -2.12. The smallest absolute Gasteiger partial charge is 0.333 e. The van der Waals surface area contributed by atoms with Gasteiger partial charge in [-0.05, 0) is 49.4 Å². The van der Waals surface area contributed by atoms with Crippen molar-refractivity contribution in [3.63, 3.8) is 0 Å². The summed E-state index contributed by atoms with van der Waals surface area (Å²) in [5.74, 6) is 0.298. The fourth-order valence-corrected chi connectivity index (χ4v) is 3.06. The van der Waals surface area contributed by atoms with Gasteiger partial charge in [0.05, 0.1) is 28.9 Å². The Morgan fingerprint density at radius 1 is 1.07 bits per heavy atom. The summed E-state index contributed by atoms with van der Waals surface area (Å²) in [6.07, 6.45) is 1.54. The Morgan fingerprint density at radius 3 is 2.57 bits per heavy atom. The molecule has 7 nitrogen and oxygen atoms in total. The monoisotopic (exact) mass is 375 g/mol. The first-order valence-corrected chi connectivity index (χ1v) is 8.73. The minimum absolute atomic E-state index is 0.306. The van der Waals surface area contributed by atoms with Crippen LogP contribution in [0.15, 0.2) is 80.9 Å². The Hall–Kier alpha value is -3.87. The zero-order valence-electron chi connectivity index (χ0n) is 15.0. The fraction of sp³-hybridized carbons (Fsp3) is 0.0952. The zero-order valence-corrected chi connectivity index (χ0v) is 15.0. The molecule has 1 amide bonds. The lowest BCUT2D eigenvalue weighted by Crippen LogP contribution is -2.33. The van der Waals surface area contributed by atoms with E-state index in [-0.39, 0.29) is 11.9 Å². The van der Waals surface area contributed by atoms with Crippen LogP contribution in [-0.2, 0) is 0 Å². The highest BCUT2D eigenvalue weighted by Crippen LogP contribution is 2.15. The third kappa shape index (κ3) is 3.14. The summed E-state index contributed by atoms with van der Waals surface area (Å²) in [5.41, 5.74) is 0.106. The Morgan fingerprint density at radius 2 is 1.86 bits per heavy atom. The van der Waals surface area contributed by atoms with Crippen molar-refractivity contribution in [1.29, 1.82) is 0 Å². The van der Waals surface area contributed by atoms with Gasteiger partial charge in [-0.1, -0.05) is 18.2 Å². The van der Waals surface area contributed by atoms with Gasteiger partial charge in [0.1, 0.15) is 5.76 Å². The summed E-state index contributed by atoms with van der Waals surface area (Å²) in [6, 6.07) is 16.5. The van der Waals surface area contributed by atoms with Crippen LogP contribution in [0.5, 0.6) is 0 Å². The maximum atomic E-state index is 12.8. The average molecular weight is 375 g/mol. The molecule has 0 aliphatic heterocycles. The molecule has 2 aromatic carbocycles. The van der Waals surface area contributed by atoms with Crippen LogP contribution in [0.1, 0.15) is 29.1 Å². The molecule has 2 aromatic heterocycles. The second-order valence-electron chi connectivity index (χ2n) is 6.38. The summed E-state index contributed by atoms with van der Waals surface area (Å²) in [6.45, 7) is 1.80. The molecule has 28 heavy (non-hydrogen) atoms. The standard InChI is InChI=1S/C21H17N3O4/c1-13(18-8-5-11-28-18)22-19(25)14-9-10-16-17(12-14)23-21(27)24(20(16)26)15-6-3-2-4-7-15/h2-13H,1H3,(H,22,25)(H,23,27). The van der Waals surface area contributed by atoms with Crippen molar-refractivity contribution in [3.05, 3.63) is 99.1 Å². The Kier molecular flexibility index (Phi) is 4.41. The second kappa shape index (κ2) is 7.03. The van der Waals surface area contributed by atoms with Gasteiger partial charge in [-0.3, -0.25) is 9.59 Å². The summed E-state index contributed by atoms with van der Waals surface area (Å²) < 4.78 is 6.35. The highest BCUT2D eigenvalue weighted by molar-refractivity contribution is 5.97. The van der Waals surface area contributed by atoms with Gasteiger partial charge in [0.15, 0.2) is 0 Å². The number of carbonyl (C=O) groups is 1. The van der Waals surface area contributed by atoms with Crippen LogP contribution < -0.4 is 16.6 Å². The highest BCUT2D eigenvalue weighted by Gasteiger charge is 2.15. The highest BCUT2D eigenvalue weighted by atomic mass is 16.3. The largest absolute Gasteiger partial charge is 0.467 e. The summed E-state index contributed by atoms with van der Waals surface area (Å²) in [4.78, 5) is 40.5. The number of carbonyl (C=O) groups excluding carboxylic acids is 1. The van der Waals surface area contributed by atoms with Crippen LogP contribution in [0.2, 0.25) is 0 Å². The minimum atomic E-state index is -0.565. The van der Waals surface area contributed by atoms with Crippen LogP contribution in [0.3, 0.4) is 0 Å². The van der Waals surface area contributed by atoms with E-state index in [0.29, 0.717) is 27.9 Å². The third-order valence-corrected chi connectivity index (χ3v) is 4.49. The molecule has 0 aliphatic carbocycles. The van der Waals surface area contributed by atoms with Gasteiger partial charge in [0.25, 0.3) is 11.5 Å². The van der Waals surface area contributed by atoms with Crippen molar-refractivity contribution < 1.29 is 9.21 Å². The normalized spacial score (nSPS) is 12.0. The van der Waals surface area contributed by atoms with Crippen LogP contribution in [0.4, 0.5) is 0 Å². The predicted octanol–water partition coefficient (Wildman–Crippen LogP) is 2.76. The van der Waals surface area contributed by atoms with Crippen LogP contribution in [0.25, 0.3) is 16.6 Å². The molecule has 0 saturated heterocycles. The SMILES string of the molecule is CC(NC(=O)c1ccc2c(=O)n(-c3ccccc3)c(=O)[nH]c2c1)c1ccco1. The number of fused-ring (bicyclic) bond motifs is 1. The number of aromatic amines is 1. The number of benzene rings is 2. The van der Waals surface area contributed by atoms with E-state index in [0.717, 1.165) is 4.57 Å². The maximum Gasteiger partial charge on any atom is 0.333 e. The molecule has 4 rings (SSSR count). The molecule has 0 aliphatic rings. The Balaban J connectivity index is 1.71. The molecule has 1 unspecified atom stereocenters. The molecule has 7 heteroatoms. The van der Waals surface area contributed by atoms with Crippen molar-refractivity contribution in [3.8, 4) is 5.69 Å². The fourth-order valence-electron chi connectivity index (χ4n) is 3.06. The number of rotatable bonds is 4. The van der Waals surface area contributed by atoms with Gasteiger partial charge in [0, 0.05) is 5.56 Å². The van der Waals surface area contributed by atoms with E-state index in [1.54, 1.807) is 61.5 Å².